The molecule has 0 spiro atoms. The van der Waals surface area contributed by atoms with E-state index in [9.17, 15) is 0 Å². The minimum Gasteiger partial charge on any atom is -0.438 e. The van der Waals surface area contributed by atoms with Gasteiger partial charge in [-0.3, -0.25) is 4.68 Å². The smallest absolute Gasteiger partial charge is 0.227 e. The van der Waals surface area contributed by atoms with Crippen molar-refractivity contribution in [2.45, 2.75) is 53.2 Å². The Morgan fingerprint density at radius 3 is 2.37 bits per heavy atom. The number of aromatic nitrogens is 3. The Morgan fingerprint density at radius 1 is 0.914 bits per heavy atom. The van der Waals surface area contributed by atoms with Crippen molar-refractivity contribution < 1.29 is 4.42 Å². The third-order valence-electron chi connectivity index (χ3n) is 7.44. The molecule has 0 aliphatic carbocycles. The number of furan rings is 1. The number of hydrogen-bond acceptors (Lipinski definition) is 5. The zero-order valence-corrected chi connectivity index (χ0v) is 21.4. The summed E-state index contributed by atoms with van der Waals surface area (Å²) >= 11 is 0. The third-order valence-corrected chi connectivity index (χ3v) is 7.44. The summed E-state index contributed by atoms with van der Waals surface area (Å²) in [6.07, 6.45) is 0.0744. The minimum atomic E-state index is -0.344. The Morgan fingerprint density at radius 2 is 1.66 bits per heavy atom. The van der Waals surface area contributed by atoms with Crippen molar-refractivity contribution in [3.05, 3.63) is 77.1 Å². The Hall–Kier alpha value is -3.80. The molecule has 2 aromatic carbocycles. The third kappa shape index (κ3) is 3.02. The van der Waals surface area contributed by atoms with Gasteiger partial charge in [0.05, 0.1) is 22.6 Å². The van der Waals surface area contributed by atoms with Crippen LogP contribution in [0.5, 0.6) is 0 Å². The van der Waals surface area contributed by atoms with E-state index in [1.807, 2.05) is 25.6 Å². The average Bonchev–Trinajstić information content (AvgIpc) is 3.42. The lowest BCUT2D eigenvalue weighted by molar-refractivity contribution is 0.447. The number of fused-ring (bicyclic) bond motifs is 4. The number of aryl methyl sites for hydroxylation is 4. The van der Waals surface area contributed by atoms with Crippen molar-refractivity contribution in [1.29, 1.82) is 0 Å². The van der Waals surface area contributed by atoms with Gasteiger partial charge in [-0.1, -0.05) is 18.2 Å². The molecule has 0 unspecified atom stereocenters. The highest BCUT2D eigenvalue weighted by molar-refractivity contribution is 6.06. The molecule has 3 aromatic heterocycles. The van der Waals surface area contributed by atoms with Crippen LogP contribution in [-0.2, 0) is 12.6 Å². The first-order chi connectivity index (χ1) is 16.7. The standard InChI is InChI=1S/C29H31N5O/c1-17-12-15-24-26(21-14-13-18(2)30-28(21)35-24)27(17)29(5,6)34-20(4)33(22-10-8-9-11-23(22)34)25-16-19(3)31-32(25)7/h8-16,20H,1-7H3/t20-/m1/s1. The maximum atomic E-state index is 6.24. The van der Waals surface area contributed by atoms with E-state index in [1.165, 1.54) is 22.5 Å². The Labute approximate surface area is 205 Å². The number of anilines is 3. The number of hydrogen-bond donors (Lipinski definition) is 0. The van der Waals surface area contributed by atoms with Gasteiger partial charge in [-0.2, -0.15) is 5.10 Å². The summed E-state index contributed by atoms with van der Waals surface area (Å²) in [5.41, 5.74) is 8.11. The molecule has 1 atom stereocenters. The lowest BCUT2D eigenvalue weighted by Crippen LogP contribution is -2.49. The number of nitrogens with zero attached hydrogens (tertiary/aromatic N) is 5. The van der Waals surface area contributed by atoms with Gasteiger partial charge < -0.3 is 14.2 Å². The van der Waals surface area contributed by atoms with Crippen LogP contribution in [0, 0.1) is 20.8 Å². The monoisotopic (exact) mass is 465 g/mol. The van der Waals surface area contributed by atoms with Gasteiger partial charge in [0.1, 0.15) is 17.6 Å². The molecule has 0 saturated carbocycles. The molecule has 6 heteroatoms. The summed E-state index contributed by atoms with van der Waals surface area (Å²) in [4.78, 5) is 9.61. The zero-order valence-electron chi connectivity index (χ0n) is 21.4. The number of rotatable bonds is 3. The fourth-order valence-electron chi connectivity index (χ4n) is 6.15. The Bertz CT molecular complexity index is 1610. The van der Waals surface area contributed by atoms with Crippen LogP contribution in [0.2, 0.25) is 0 Å². The van der Waals surface area contributed by atoms with E-state index in [-0.39, 0.29) is 11.7 Å². The average molecular weight is 466 g/mol. The second-order valence-electron chi connectivity index (χ2n) is 10.2. The Kier molecular flexibility index (Phi) is 4.56. The molecule has 0 N–H and O–H groups in total. The van der Waals surface area contributed by atoms with Gasteiger partial charge in [0.25, 0.3) is 0 Å². The quantitative estimate of drug-likeness (QED) is 0.291. The molecule has 5 aromatic rings. The fourth-order valence-corrected chi connectivity index (χ4v) is 6.15. The molecule has 0 fully saturated rings. The van der Waals surface area contributed by atoms with Crippen molar-refractivity contribution in [3.63, 3.8) is 0 Å². The summed E-state index contributed by atoms with van der Waals surface area (Å²) in [7, 11) is 2.02. The highest BCUT2D eigenvalue weighted by Gasteiger charge is 2.44. The molecular weight excluding hydrogens is 434 g/mol. The predicted molar refractivity (Wildman–Crippen MR) is 142 cm³/mol. The molecule has 35 heavy (non-hydrogen) atoms. The summed E-state index contributed by atoms with van der Waals surface area (Å²) in [6, 6.07) is 19.3. The van der Waals surface area contributed by atoms with Crippen molar-refractivity contribution in [2.24, 2.45) is 7.05 Å². The van der Waals surface area contributed by atoms with Gasteiger partial charge in [0.15, 0.2) is 0 Å². The molecule has 1 aliphatic rings. The van der Waals surface area contributed by atoms with E-state index < -0.39 is 0 Å². The van der Waals surface area contributed by atoms with Crippen LogP contribution in [0.1, 0.15) is 43.3 Å². The van der Waals surface area contributed by atoms with Crippen LogP contribution in [0.25, 0.3) is 22.1 Å². The van der Waals surface area contributed by atoms with E-state index >= 15 is 0 Å². The summed E-state index contributed by atoms with van der Waals surface area (Å²) in [5, 5.41) is 6.85. The molecule has 0 saturated heterocycles. The van der Waals surface area contributed by atoms with Crippen LogP contribution in [0.3, 0.4) is 0 Å². The summed E-state index contributed by atoms with van der Waals surface area (Å²) < 4.78 is 8.22. The van der Waals surface area contributed by atoms with Gasteiger partial charge in [0.2, 0.25) is 5.71 Å². The maximum absolute atomic E-state index is 6.24. The van der Waals surface area contributed by atoms with Crippen molar-refractivity contribution in [2.75, 3.05) is 9.80 Å². The largest absolute Gasteiger partial charge is 0.438 e. The first-order valence-corrected chi connectivity index (χ1v) is 12.2. The molecule has 0 radical (unpaired) electrons. The normalized spacial score (nSPS) is 16.0. The second-order valence-corrected chi connectivity index (χ2v) is 10.2. The predicted octanol–water partition coefficient (Wildman–Crippen LogP) is 6.88. The molecule has 6 rings (SSSR count). The first kappa shape index (κ1) is 21.7. The molecule has 1 aliphatic heterocycles. The maximum Gasteiger partial charge on any atom is 0.227 e. The summed E-state index contributed by atoms with van der Waals surface area (Å²) in [5.74, 6) is 1.09. The van der Waals surface area contributed by atoms with Gasteiger partial charge in [-0.25, -0.2) is 4.98 Å². The highest BCUT2D eigenvalue weighted by Crippen LogP contribution is 2.51. The van der Waals surface area contributed by atoms with Gasteiger partial charge in [0, 0.05) is 29.6 Å². The van der Waals surface area contributed by atoms with E-state index in [2.05, 4.69) is 102 Å². The van der Waals surface area contributed by atoms with E-state index in [1.54, 1.807) is 0 Å². The van der Waals surface area contributed by atoms with E-state index in [0.29, 0.717) is 5.71 Å². The lowest BCUT2D eigenvalue weighted by atomic mass is 9.84. The molecule has 0 amide bonds. The van der Waals surface area contributed by atoms with Crippen molar-refractivity contribution >= 4 is 39.3 Å². The van der Waals surface area contributed by atoms with Gasteiger partial charge in [-0.15, -0.1) is 0 Å². The lowest BCUT2D eigenvalue weighted by Gasteiger charge is -2.43. The van der Waals surface area contributed by atoms with Gasteiger partial charge in [-0.05, 0) is 83.0 Å². The molecule has 6 nitrogen and oxygen atoms in total. The molecule has 178 valence electrons. The van der Waals surface area contributed by atoms with Crippen LogP contribution in [0.15, 0.2) is 59.0 Å². The van der Waals surface area contributed by atoms with Gasteiger partial charge >= 0.3 is 0 Å². The van der Waals surface area contributed by atoms with Crippen molar-refractivity contribution in [1.82, 2.24) is 14.8 Å². The topological polar surface area (TPSA) is 50.3 Å². The SMILES string of the molecule is Cc1ccc2c(n1)oc1ccc(C)c(C(C)(C)N3c4ccccc4N(c4cc(C)nn4C)[C@H]3C)c12. The minimum absolute atomic E-state index is 0.0744. The number of para-hydroxylation sites is 2. The molecule has 0 bridgehead atoms. The van der Waals surface area contributed by atoms with Crippen LogP contribution in [0.4, 0.5) is 17.2 Å². The Balaban J connectivity index is 1.60. The fraction of sp³-hybridized carbons (Fsp3) is 0.310. The van der Waals surface area contributed by atoms with E-state index in [4.69, 9.17) is 4.42 Å². The van der Waals surface area contributed by atoms with Crippen LogP contribution in [-0.4, -0.2) is 20.9 Å². The number of pyridine rings is 1. The zero-order chi connectivity index (χ0) is 24.6. The second kappa shape index (κ2) is 7.35. The van der Waals surface area contributed by atoms with Crippen LogP contribution < -0.4 is 9.80 Å². The van der Waals surface area contributed by atoms with Crippen molar-refractivity contribution in [3.8, 4) is 0 Å². The summed E-state index contributed by atoms with van der Waals surface area (Å²) in [6.45, 7) is 13.2. The molecular formula is C29H31N5O. The van der Waals surface area contributed by atoms with Crippen LogP contribution >= 0.6 is 0 Å². The molecule has 4 heterocycles. The number of benzene rings is 2. The van der Waals surface area contributed by atoms with E-state index in [0.717, 1.165) is 33.6 Å². The highest BCUT2D eigenvalue weighted by atomic mass is 16.3. The first-order valence-electron chi connectivity index (χ1n) is 12.2.